The summed E-state index contributed by atoms with van der Waals surface area (Å²) in [4.78, 5) is 16.7. The number of hydrogen-bond donors (Lipinski definition) is 1. The van der Waals surface area contributed by atoms with Crippen molar-refractivity contribution in [2.45, 2.75) is 24.1 Å². The highest BCUT2D eigenvalue weighted by Crippen LogP contribution is 2.21. The molecule has 8 heteroatoms. The summed E-state index contributed by atoms with van der Waals surface area (Å²) in [5.41, 5.74) is 3.51. The third kappa shape index (κ3) is 6.08. The van der Waals surface area contributed by atoms with Gasteiger partial charge < -0.3 is 9.80 Å². The fourth-order valence-electron chi connectivity index (χ4n) is 3.10. The van der Waals surface area contributed by atoms with Crippen LogP contribution in [0.1, 0.15) is 18.1 Å². The van der Waals surface area contributed by atoms with E-state index in [0.29, 0.717) is 18.8 Å². The second-order valence-electron chi connectivity index (χ2n) is 7.38. The zero-order chi connectivity index (χ0) is 22.4. The molecule has 2 aromatic carbocycles. The van der Waals surface area contributed by atoms with E-state index < -0.39 is 10.0 Å². The van der Waals surface area contributed by atoms with E-state index in [1.807, 2.05) is 55.1 Å². The number of thiophene rings is 1. The lowest BCUT2D eigenvalue weighted by Crippen LogP contribution is -2.31. The minimum Gasteiger partial charge on any atom is -0.378 e. The van der Waals surface area contributed by atoms with Crippen LogP contribution in [0.2, 0.25) is 0 Å². The van der Waals surface area contributed by atoms with Crippen LogP contribution in [-0.2, 0) is 27.8 Å². The van der Waals surface area contributed by atoms with Crippen molar-refractivity contribution in [1.82, 2.24) is 4.90 Å². The molecular formula is C23H27N3O3S2. The van der Waals surface area contributed by atoms with Gasteiger partial charge in [0.2, 0.25) is 5.91 Å². The van der Waals surface area contributed by atoms with E-state index in [4.69, 9.17) is 0 Å². The van der Waals surface area contributed by atoms with E-state index in [9.17, 15) is 13.2 Å². The maximum absolute atomic E-state index is 12.8. The van der Waals surface area contributed by atoms with Gasteiger partial charge in [-0.05, 0) is 53.8 Å². The number of carbonyl (C=O) groups excluding carboxylic acids is 1. The molecule has 0 unspecified atom stereocenters. The summed E-state index contributed by atoms with van der Waals surface area (Å²) in [5.74, 6) is 0.0334. The number of hydrogen-bond acceptors (Lipinski definition) is 5. The maximum Gasteiger partial charge on any atom is 0.271 e. The maximum atomic E-state index is 12.8. The molecule has 0 atom stereocenters. The highest BCUT2D eigenvalue weighted by Gasteiger charge is 2.16. The van der Waals surface area contributed by atoms with Crippen LogP contribution in [0.25, 0.3) is 0 Å². The predicted octanol–water partition coefficient (Wildman–Crippen LogP) is 4.21. The molecule has 0 saturated heterocycles. The number of nitrogens with zero attached hydrogens (tertiary/aromatic N) is 2. The van der Waals surface area contributed by atoms with E-state index in [1.54, 1.807) is 41.8 Å². The van der Waals surface area contributed by atoms with Crippen LogP contribution in [0, 0.1) is 0 Å². The monoisotopic (exact) mass is 457 g/mol. The molecule has 0 radical (unpaired) electrons. The van der Waals surface area contributed by atoms with Gasteiger partial charge in [0.15, 0.2) is 0 Å². The number of anilines is 2. The number of amides is 1. The summed E-state index contributed by atoms with van der Waals surface area (Å²) in [6.07, 6.45) is 0.265. The summed E-state index contributed by atoms with van der Waals surface area (Å²) in [5, 5.41) is 1.72. The van der Waals surface area contributed by atoms with E-state index in [1.165, 1.54) is 11.3 Å². The van der Waals surface area contributed by atoms with Gasteiger partial charge in [0.1, 0.15) is 4.21 Å². The average Bonchev–Trinajstić information content (AvgIpc) is 3.29. The van der Waals surface area contributed by atoms with Crippen molar-refractivity contribution in [3.63, 3.8) is 0 Å². The summed E-state index contributed by atoms with van der Waals surface area (Å²) in [7, 11) is 0.415. The average molecular weight is 458 g/mol. The Morgan fingerprint density at radius 2 is 1.61 bits per heavy atom. The van der Waals surface area contributed by atoms with Crippen molar-refractivity contribution in [3.8, 4) is 0 Å². The zero-order valence-electron chi connectivity index (χ0n) is 17.9. The Balaban J connectivity index is 1.61. The van der Waals surface area contributed by atoms with Crippen LogP contribution >= 0.6 is 11.3 Å². The summed E-state index contributed by atoms with van der Waals surface area (Å²) < 4.78 is 27.5. The van der Waals surface area contributed by atoms with Crippen molar-refractivity contribution in [2.75, 3.05) is 30.3 Å². The SMILES string of the molecule is CCN(Cc1ccc(N(C)C)cc1)C(=O)Cc1ccc(NS(=O)(=O)c2cccs2)cc1. The van der Waals surface area contributed by atoms with Gasteiger partial charge in [-0.2, -0.15) is 0 Å². The third-order valence-electron chi connectivity index (χ3n) is 4.88. The first kappa shape index (κ1) is 22.8. The molecule has 3 rings (SSSR count). The van der Waals surface area contributed by atoms with Gasteiger partial charge in [0, 0.05) is 38.6 Å². The zero-order valence-corrected chi connectivity index (χ0v) is 19.5. The van der Waals surface area contributed by atoms with Crippen LogP contribution in [0.5, 0.6) is 0 Å². The minimum absolute atomic E-state index is 0.0334. The van der Waals surface area contributed by atoms with Crippen molar-refractivity contribution < 1.29 is 13.2 Å². The van der Waals surface area contributed by atoms with Gasteiger partial charge >= 0.3 is 0 Å². The Hall–Kier alpha value is -2.84. The minimum atomic E-state index is -3.58. The number of nitrogens with one attached hydrogen (secondary N) is 1. The molecule has 0 aliphatic carbocycles. The van der Waals surface area contributed by atoms with Gasteiger partial charge in [-0.1, -0.05) is 30.3 Å². The molecule has 31 heavy (non-hydrogen) atoms. The molecule has 1 amide bonds. The lowest BCUT2D eigenvalue weighted by Gasteiger charge is -2.22. The Labute approximate surface area is 188 Å². The smallest absolute Gasteiger partial charge is 0.271 e. The molecule has 0 bridgehead atoms. The lowest BCUT2D eigenvalue weighted by atomic mass is 10.1. The second kappa shape index (κ2) is 9.98. The van der Waals surface area contributed by atoms with Crippen LogP contribution < -0.4 is 9.62 Å². The molecule has 1 heterocycles. The van der Waals surface area contributed by atoms with Gasteiger partial charge in [0.05, 0.1) is 6.42 Å². The van der Waals surface area contributed by atoms with Crippen LogP contribution in [0.3, 0.4) is 0 Å². The molecule has 0 aliphatic rings. The van der Waals surface area contributed by atoms with Gasteiger partial charge in [-0.3, -0.25) is 9.52 Å². The number of sulfonamides is 1. The first-order valence-electron chi connectivity index (χ1n) is 9.98. The van der Waals surface area contributed by atoms with E-state index in [-0.39, 0.29) is 16.5 Å². The topological polar surface area (TPSA) is 69.7 Å². The summed E-state index contributed by atoms with van der Waals surface area (Å²) in [6, 6.07) is 18.4. The predicted molar refractivity (Wildman–Crippen MR) is 127 cm³/mol. The molecule has 0 saturated carbocycles. The summed E-state index contributed by atoms with van der Waals surface area (Å²) >= 11 is 1.17. The van der Waals surface area contributed by atoms with Crippen LogP contribution in [0.15, 0.2) is 70.3 Å². The Morgan fingerprint density at radius 1 is 0.968 bits per heavy atom. The number of carbonyl (C=O) groups is 1. The van der Waals surface area contributed by atoms with E-state index >= 15 is 0 Å². The van der Waals surface area contributed by atoms with E-state index in [0.717, 1.165) is 16.8 Å². The third-order valence-corrected chi connectivity index (χ3v) is 7.66. The molecule has 3 aromatic rings. The Morgan fingerprint density at radius 3 is 2.16 bits per heavy atom. The molecule has 0 spiro atoms. The van der Waals surface area contributed by atoms with Crippen molar-refractivity contribution in [1.29, 1.82) is 0 Å². The largest absolute Gasteiger partial charge is 0.378 e. The number of benzene rings is 2. The number of rotatable bonds is 9. The first-order valence-corrected chi connectivity index (χ1v) is 12.3. The standard InChI is InChI=1S/C23H27N3O3S2/c1-4-26(17-19-9-13-21(14-10-19)25(2)3)22(27)16-18-7-11-20(12-8-18)24-31(28,29)23-6-5-15-30-23/h5-15,24H,4,16-17H2,1-3H3. The number of likely N-dealkylation sites (N-methyl/N-ethyl adjacent to an activating group) is 1. The van der Waals surface area contributed by atoms with Crippen molar-refractivity contribution in [2.24, 2.45) is 0 Å². The molecule has 1 N–H and O–H groups in total. The van der Waals surface area contributed by atoms with Gasteiger partial charge in [-0.15, -0.1) is 11.3 Å². The van der Waals surface area contributed by atoms with Crippen molar-refractivity contribution >= 4 is 38.6 Å². The molecule has 6 nitrogen and oxygen atoms in total. The van der Waals surface area contributed by atoms with E-state index in [2.05, 4.69) is 4.72 Å². The quantitative estimate of drug-likeness (QED) is 0.523. The molecule has 0 fully saturated rings. The lowest BCUT2D eigenvalue weighted by molar-refractivity contribution is -0.130. The molecule has 0 aliphatic heterocycles. The van der Waals surface area contributed by atoms with Gasteiger partial charge in [0.25, 0.3) is 10.0 Å². The highest BCUT2D eigenvalue weighted by molar-refractivity contribution is 7.94. The Kier molecular flexibility index (Phi) is 7.35. The fourth-order valence-corrected chi connectivity index (χ4v) is 5.15. The molecular weight excluding hydrogens is 430 g/mol. The molecule has 1 aromatic heterocycles. The van der Waals surface area contributed by atoms with Crippen molar-refractivity contribution in [3.05, 3.63) is 77.2 Å². The van der Waals surface area contributed by atoms with Crippen LogP contribution in [0.4, 0.5) is 11.4 Å². The van der Waals surface area contributed by atoms with Gasteiger partial charge in [-0.25, -0.2) is 8.42 Å². The highest BCUT2D eigenvalue weighted by atomic mass is 32.2. The molecule has 164 valence electrons. The fraction of sp³-hybridized carbons (Fsp3) is 0.261. The second-order valence-corrected chi connectivity index (χ2v) is 10.2. The Bertz CT molecular complexity index is 1090. The normalized spacial score (nSPS) is 11.2. The van der Waals surface area contributed by atoms with Crippen LogP contribution in [-0.4, -0.2) is 39.9 Å². The summed E-state index contributed by atoms with van der Waals surface area (Å²) in [6.45, 7) is 3.14. The first-order chi connectivity index (χ1) is 14.8.